The summed E-state index contributed by atoms with van der Waals surface area (Å²) in [6, 6.07) is 6.62. The third kappa shape index (κ3) is 1.75. The molecule has 2 amide bonds. The van der Waals surface area contributed by atoms with Crippen molar-refractivity contribution in [1.29, 1.82) is 0 Å². The first kappa shape index (κ1) is 14.5. The molecule has 126 valence electrons. The number of amides is 2. The van der Waals surface area contributed by atoms with Crippen molar-refractivity contribution in [2.75, 3.05) is 0 Å². The zero-order chi connectivity index (χ0) is 16.8. The molecule has 7 nitrogen and oxygen atoms in total. The van der Waals surface area contributed by atoms with E-state index in [-0.39, 0.29) is 30.0 Å². The lowest BCUT2D eigenvalue weighted by molar-refractivity contribution is -0.155. The Labute approximate surface area is 138 Å². The molecule has 3 aliphatic heterocycles. The van der Waals surface area contributed by atoms with Crippen LogP contribution in [0.2, 0.25) is 0 Å². The van der Waals surface area contributed by atoms with Gasteiger partial charge in [0, 0.05) is 0 Å². The number of imide groups is 1. The van der Waals surface area contributed by atoms with E-state index in [1.54, 1.807) is 29.3 Å². The number of hydrazine groups is 1. The van der Waals surface area contributed by atoms with Crippen LogP contribution in [0, 0.1) is 0 Å². The minimum absolute atomic E-state index is 0.0824. The number of carbonyl (C=O) groups excluding carboxylic acids is 2. The number of fused-ring (bicyclic) bond motifs is 4. The summed E-state index contributed by atoms with van der Waals surface area (Å²) in [5, 5.41) is 13.3. The minimum atomic E-state index is -0.776. The molecule has 24 heavy (non-hydrogen) atoms. The molecule has 1 aliphatic carbocycles. The van der Waals surface area contributed by atoms with E-state index in [0.717, 1.165) is 0 Å². The molecule has 0 aromatic heterocycles. The average Bonchev–Trinajstić information content (AvgIpc) is 3.03. The van der Waals surface area contributed by atoms with Crippen LogP contribution in [0.25, 0.3) is 0 Å². The van der Waals surface area contributed by atoms with Crippen molar-refractivity contribution in [3.8, 4) is 0 Å². The first-order valence-electron chi connectivity index (χ1n) is 8.19. The summed E-state index contributed by atoms with van der Waals surface area (Å²) in [6.45, 7) is 3.61. The molecule has 1 saturated carbocycles. The smallest absolute Gasteiger partial charge is 0.276 e. The molecule has 6 atom stereocenters. The highest BCUT2D eigenvalue weighted by Crippen LogP contribution is 2.50. The summed E-state index contributed by atoms with van der Waals surface area (Å²) < 4.78 is 11.7. The Morgan fingerprint density at radius 1 is 1.08 bits per heavy atom. The Morgan fingerprint density at radius 2 is 1.67 bits per heavy atom. The molecule has 7 heteroatoms. The van der Waals surface area contributed by atoms with E-state index in [1.165, 1.54) is 5.01 Å². The summed E-state index contributed by atoms with van der Waals surface area (Å²) in [7, 11) is 0. The van der Waals surface area contributed by atoms with Gasteiger partial charge in [-0.2, -0.15) is 5.01 Å². The van der Waals surface area contributed by atoms with Crippen molar-refractivity contribution in [2.45, 2.75) is 56.5 Å². The summed E-state index contributed by atoms with van der Waals surface area (Å²) >= 11 is 0. The van der Waals surface area contributed by atoms with Crippen LogP contribution in [0.4, 0.5) is 0 Å². The van der Waals surface area contributed by atoms with Gasteiger partial charge in [-0.3, -0.25) is 9.59 Å². The Morgan fingerprint density at radius 3 is 2.29 bits per heavy atom. The first-order valence-corrected chi connectivity index (χ1v) is 8.19. The Bertz CT molecular complexity index is 728. The van der Waals surface area contributed by atoms with E-state index < -0.39 is 18.0 Å². The van der Waals surface area contributed by atoms with Gasteiger partial charge < -0.3 is 14.6 Å². The molecule has 4 aliphatic rings. The second kappa shape index (κ2) is 4.43. The van der Waals surface area contributed by atoms with Gasteiger partial charge in [0.2, 0.25) is 0 Å². The Balaban J connectivity index is 1.47. The van der Waals surface area contributed by atoms with Crippen molar-refractivity contribution in [2.24, 2.45) is 0 Å². The van der Waals surface area contributed by atoms with Crippen LogP contribution < -0.4 is 0 Å². The molecule has 2 saturated heterocycles. The van der Waals surface area contributed by atoms with Gasteiger partial charge in [-0.25, -0.2) is 5.01 Å². The minimum Gasteiger partial charge on any atom is -0.390 e. The summed E-state index contributed by atoms with van der Waals surface area (Å²) in [5.74, 6) is -1.40. The summed E-state index contributed by atoms with van der Waals surface area (Å²) in [4.78, 5) is 25.3. The molecule has 3 heterocycles. The van der Waals surface area contributed by atoms with Gasteiger partial charge in [0.1, 0.15) is 12.2 Å². The molecule has 1 unspecified atom stereocenters. The van der Waals surface area contributed by atoms with Crippen molar-refractivity contribution >= 4 is 11.8 Å². The predicted octanol–water partition coefficient (Wildman–Crippen LogP) is 0.535. The number of nitrogens with zero attached hydrogens (tertiary/aromatic N) is 2. The van der Waals surface area contributed by atoms with Crippen molar-refractivity contribution in [3.63, 3.8) is 0 Å². The van der Waals surface area contributed by atoms with Gasteiger partial charge in [0.25, 0.3) is 11.8 Å². The molecule has 1 N–H and O–H groups in total. The number of aliphatic hydroxyl groups is 1. The Kier molecular flexibility index (Phi) is 2.68. The van der Waals surface area contributed by atoms with Gasteiger partial charge in [-0.1, -0.05) is 12.1 Å². The largest absolute Gasteiger partial charge is 0.390 e. The van der Waals surface area contributed by atoms with Crippen LogP contribution in [0.3, 0.4) is 0 Å². The first-order chi connectivity index (χ1) is 11.4. The average molecular weight is 330 g/mol. The number of ether oxygens (including phenoxy) is 2. The van der Waals surface area contributed by atoms with Gasteiger partial charge >= 0.3 is 0 Å². The van der Waals surface area contributed by atoms with Crippen LogP contribution in [-0.4, -0.2) is 63.1 Å². The fraction of sp³-hybridized carbons (Fsp3) is 0.529. The lowest BCUT2D eigenvalue weighted by atomic mass is 9.92. The number of benzene rings is 1. The number of hydrogen-bond donors (Lipinski definition) is 1. The third-order valence-electron chi connectivity index (χ3n) is 5.32. The van der Waals surface area contributed by atoms with Gasteiger partial charge in [-0.05, 0) is 32.4 Å². The third-order valence-corrected chi connectivity index (χ3v) is 5.32. The molecule has 0 radical (unpaired) electrons. The van der Waals surface area contributed by atoms with E-state index >= 15 is 0 Å². The van der Waals surface area contributed by atoms with Gasteiger partial charge in [-0.15, -0.1) is 0 Å². The maximum Gasteiger partial charge on any atom is 0.276 e. The molecule has 0 bridgehead atoms. The zero-order valence-corrected chi connectivity index (χ0v) is 13.4. The van der Waals surface area contributed by atoms with E-state index in [1.807, 2.05) is 13.8 Å². The number of hydrogen-bond acceptors (Lipinski definition) is 6. The van der Waals surface area contributed by atoms with Crippen molar-refractivity contribution in [3.05, 3.63) is 35.4 Å². The molecule has 0 spiro atoms. The van der Waals surface area contributed by atoms with Crippen molar-refractivity contribution in [1.82, 2.24) is 10.0 Å². The van der Waals surface area contributed by atoms with Crippen LogP contribution in [0.1, 0.15) is 41.0 Å². The highest BCUT2D eigenvalue weighted by atomic mass is 16.8. The summed E-state index contributed by atoms with van der Waals surface area (Å²) in [5.41, 5.74) is 0.847. The SMILES string of the molecule is CC1(C)O[C@@H]2[C@H](O1)[C@@H](O)C[C@@H]1[C@H]2N1N1C(=O)c2ccccc2C1=O. The Hall–Kier alpha value is -1.80. The lowest BCUT2D eigenvalue weighted by Gasteiger charge is -2.24. The van der Waals surface area contributed by atoms with Crippen LogP contribution >= 0.6 is 0 Å². The number of aliphatic hydroxyl groups excluding tert-OH is 1. The van der Waals surface area contributed by atoms with Gasteiger partial charge in [0.15, 0.2) is 5.79 Å². The van der Waals surface area contributed by atoms with Crippen LogP contribution in [-0.2, 0) is 9.47 Å². The van der Waals surface area contributed by atoms with E-state index in [4.69, 9.17) is 9.47 Å². The zero-order valence-electron chi connectivity index (χ0n) is 13.4. The maximum atomic E-state index is 12.7. The normalized spacial score (nSPS) is 41.9. The van der Waals surface area contributed by atoms with Crippen LogP contribution in [0.15, 0.2) is 24.3 Å². The molecule has 5 rings (SSSR count). The van der Waals surface area contributed by atoms with Crippen molar-refractivity contribution < 1.29 is 24.2 Å². The van der Waals surface area contributed by atoms with Crippen LogP contribution in [0.5, 0.6) is 0 Å². The molecule has 3 fully saturated rings. The van der Waals surface area contributed by atoms with Gasteiger partial charge in [0.05, 0.1) is 29.3 Å². The maximum absolute atomic E-state index is 12.7. The molecule has 1 aromatic carbocycles. The van der Waals surface area contributed by atoms with E-state index in [2.05, 4.69) is 0 Å². The summed E-state index contributed by atoms with van der Waals surface area (Å²) in [6.07, 6.45) is -0.990. The number of carbonyl (C=O) groups is 2. The topological polar surface area (TPSA) is 79.1 Å². The monoisotopic (exact) mass is 330 g/mol. The lowest BCUT2D eigenvalue weighted by Crippen LogP contribution is -2.44. The fourth-order valence-electron chi connectivity index (χ4n) is 4.33. The predicted molar refractivity (Wildman–Crippen MR) is 80.8 cm³/mol. The second-order valence-corrected chi connectivity index (χ2v) is 7.27. The standard InChI is InChI=1S/C17H18N2O5/c1-17(2)23-13-11(20)7-10-12(14(13)24-17)18(10)19-15(21)8-5-3-4-6-9(8)16(19)22/h3-6,10-14,20H,7H2,1-2H3/t10-,11+,12-,13-,14+,18?/m1/s1. The second-order valence-electron chi connectivity index (χ2n) is 7.27. The highest BCUT2D eigenvalue weighted by molar-refractivity contribution is 6.21. The highest BCUT2D eigenvalue weighted by Gasteiger charge is 2.68. The van der Waals surface area contributed by atoms with E-state index in [0.29, 0.717) is 17.5 Å². The quantitative estimate of drug-likeness (QED) is 0.598. The fourth-order valence-corrected chi connectivity index (χ4v) is 4.33. The van der Waals surface area contributed by atoms with E-state index in [9.17, 15) is 14.7 Å². The number of rotatable bonds is 1. The molecule has 1 aromatic rings. The molecular formula is C17H18N2O5. The molecular weight excluding hydrogens is 312 g/mol.